The number of hydrogen-bond donors (Lipinski definition) is 1. The minimum atomic E-state index is -0.322. The van der Waals surface area contributed by atoms with Crippen LogP contribution in [-0.2, 0) is 4.79 Å². The summed E-state index contributed by atoms with van der Waals surface area (Å²) in [6.07, 6.45) is 1.57. The molecule has 2 rings (SSSR count). The van der Waals surface area contributed by atoms with Gasteiger partial charge in [0, 0.05) is 4.47 Å². The number of nitrogens with one attached hydrogen (secondary N) is 1. The van der Waals surface area contributed by atoms with Gasteiger partial charge in [-0.05, 0) is 45.8 Å². The maximum atomic E-state index is 11.6. The number of amides is 1. The molecular formula is C15H12Br2N2O2. The van der Waals surface area contributed by atoms with Crippen LogP contribution >= 0.6 is 31.9 Å². The van der Waals surface area contributed by atoms with E-state index in [0.717, 1.165) is 14.5 Å². The van der Waals surface area contributed by atoms with Crippen molar-refractivity contribution < 1.29 is 9.53 Å². The lowest BCUT2D eigenvalue weighted by atomic mass is 10.2. The van der Waals surface area contributed by atoms with Gasteiger partial charge < -0.3 is 4.74 Å². The molecule has 0 saturated heterocycles. The highest BCUT2D eigenvalue weighted by Crippen LogP contribution is 2.23. The van der Waals surface area contributed by atoms with E-state index in [0.29, 0.717) is 5.75 Å². The van der Waals surface area contributed by atoms with Crippen LogP contribution in [0.4, 0.5) is 0 Å². The molecule has 0 aromatic heterocycles. The molecule has 108 valence electrons. The van der Waals surface area contributed by atoms with E-state index in [2.05, 4.69) is 42.4 Å². The van der Waals surface area contributed by atoms with Gasteiger partial charge in [0.25, 0.3) is 5.91 Å². The molecule has 2 aromatic carbocycles. The quantitative estimate of drug-likeness (QED) is 0.601. The fourth-order valence-electron chi connectivity index (χ4n) is 1.50. The molecule has 21 heavy (non-hydrogen) atoms. The second kappa shape index (κ2) is 7.95. The monoisotopic (exact) mass is 410 g/mol. The molecule has 0 atom stereocenters. The summed E-state index contributed by atoms with van der Waals surface area (Å²) in [7, 11) is 0. The number of rotatable bonds is 5. The van der Waals surface area contributed by atoms with Crippen molar-refractivity contribution >= 4 is 44.0 Å². The molecule has 1 amide bonds. The third-order valence-electron chi connectivity index (χ3n) is 2.45. The normalized spacial score (nSPS) is 10.6. The van der Waals surface area contributed by atoms with Gasteiger partial charge in [0.2, 0.25) is 0 Å². The molecule has 0 unspecified atom stereocenters. The van der Waals surface area contributed by atoms with Gasteiger partial charge in [-0.25, -0.2) is 5.43 Å². The van der Waals surface area contributed by atoms with Crippen LogP contribution in [0.15, 0.2) is 62.6 Å². The summed E-state index contributed by atoms with van der Waals surface area (Å²) in [5.74, 6) is 0.292. The van der Waals surface area contributed by atoms with Crippen LogP contribution in [-0.4, -0.2) is 18.7 Å². The highest BCUT2D eigenvalue weighted by atomic mass is 79.9. The molecule has 6 heteroatoms. The fourth-order valence-corrected chi connectivity index (χ4v) is 2.32. The molecule has 4 nitrogen and oxygen atoms in total. The number of benzene rings is 2. The number of hydrazone groups is 1. The Kier molecular flexibility index (Phi) is 5.95. The zero-order valence-corrected chi connectivity index (χ0v) is 14.1. The number of ether oxygens (including phenoxy) is 1. The van der Waals surface area contributed by atoms with E-state index < -0.39 is 0 Å². The number of nitrogens with zero attached hydrogens (tertiary/aromatic N) is 1. The first-order chi connectivity index (χ1) is 10.1. The Hall–Kier alpha value is -1.66. The molecule has 2 aromatic rings. The average Bonchev–Trinajstić information content (AvgIpc) is 2.46. The summed E-state index contributed by atoms with van der Waals surface area (Å²) in [5.41, 5.74) is 3.30. The van der Waals surface area contributed by atoms with E-state index >= 15 is 0 Å². The second-order valence-corrected chi connectivity index (χ2v) is 5.84. The summed E-state index contributed by atoms with van der Waals surface area (Å²) < 4.78 is 7.14. The number of para-hydroxylation sites is 1. The summed E-state index contributed by atoms with van der Waals surface area (Å²) >= 11 is 6.71. The lowest BCUT2D eigenvalue weighted by Crippen LogP contribution is -2.24. The number of halogens is 2. The summed E-state index contributed by atoms with van der Waals surface area (Å²) in [5, 5.41) is 3.88. The average molecular weight is 412 g/mol. The Morgan fingerprint density at radius 1 is 1.19 bits per heavy atom. The molecule has 0 aliphatic carbocycles. The molecule has 1 N–H and O–H groups in total. The lowest BCUT2D eigenvalue weighted by molar-refractivity contribution is -0.123. The first kappa shape index (κ1) is 15.7. The largest absolute Gasteiger partial charge is 0.483 e. The first-order valence-corrected chi connectivity index (χ1v) is 7.68. The smallest absolute Gasteiger partial charge is 0.277 e. The number of hydrogen-bond acceptors (Lipinski definition) is 3. The predicted octanol–water partition coefficient (Wildman–Crippen LogP) is 3.74. The molecule has 0 aliphatic rings. The van der Waals surface area contributed by atoms with E-state index in [1.165, 1.54) is 0 Å². The van der Waals surface area contributed by atoms with Crippen LogP contribution in [0.5, 0.6) is 5.75 Å². The van der Waals surface area contributed by atoms with E-state index in [4.69, 9.17) is 4.74 Å². The third-order valence-corrected chi connectivity index (χ3v) is 3.60. The molecule has 0 saturated carbocycles. The Bertz CT molecular complexity index is 660. The Morgan fingerprint density at radius 2 is 2.00 bits per heavy atom. The summed E-state index contributed by atoms with van der Waals surface area (Å²) in [6.45, 7) is -0.0988. The van der Waals surface area contributed by atoms with Crippen molar-refractivity contribution in [2.75, 3.05) is 6.61 Å². The van der Waals surface area contributed by atoms with E-state index in [1.807, 2.05) is 42.5 Å². The van der Waals surface area contributed by atoms with Gasteiger partial charge >= 0.3 is 0 Å². The van der Waals surface area contributed by atoms with Gasteiger partial charge in [-0.2, -0.15) is 5.10 Å². The van der Waals surface area contributed by atoms with Crippen molar-refractivity contribution in [2.45, 2.75) is 0 Å². The van der Waals surface area contributed by atoms with E-state index in [1.54, 1.807) is 12.3 Å². The molecule has 0 bridgehead atoms. The standard InChI is InChI=1S/C15H12Br2N2O2/c16-12-5-3-4-11(8-12)9-18-19-15(20)10-21-14-7-2-1-6-13(14)17/h1-9H,10H2,(H,19,20)/b18-9+. The molecule has 0 radical (unpaired) electrons. The zero-order chi connectivity index (χ0) is 15.1. The lowest BCUT2D eigenvalue weighted by Gasteiger charge is -2.06. The van der Waals surface area contributed by atoms with Crippen LogP contribution in [0.25, 0.3) is 0 Å². The first-order valence-electron chi connectivity index (χ1n) is 6.10. The van der Waals surface area contributed by atoms with Crippen molar-refractivity contribution in [2.24, 2.45) is 5.10 Å². The van der Waals surface area contributed by atoms with Crippen LogP contribution in [0.2, 0.25) is 0 Å². The zero-order valence-electron chi connectivity index (χ0n) is 10.9. The number of carbonyl (C=O) groups is 1. The van der Waals surface area contributed by atoms with E-state index in [9.17, 15) is 4.79 Å². The topological polar surface area (TPSA) is 50.7 Å². The van der Waals surface area contributed by atoms with Gasteiger partial charge in [-0.15, -0.1) is 0 Å². The summed E-state index contributed by atoms with van der Waals surface area (Å²) in [4.78, 5) is 11.6. The molecule has 0 aliphatic heterocycles. The highest BCUT2D eigenvalue weighted by Gasteiger charge is 2.03. The molecule has 0 spiro atoms. The van der Waals surface area contributed by atoms with Gasteiger partial charge in [-0.3, -0.25) is 4.79 Å². The van der Waals surface area contributed by atoms with Crippen molar-refractivity contribution in [3.05, 3.63) is 63.0 Å². The Labute approximate surface area is 139 Å². The predicted molar refractivity (Wildman–Crippen MR) is 89.5 cm³/mol. The SMILES string of the molecule is O=C(COc1ccccc1Br)N/N=C/c1cccc(Br)c1. The maximum Gasteiger partial charge on any atom is 0.277 e. The highest BCUT2D eigenvalue weighted by molar-refractivity contribution is 9.10. The molecular weight excluding hydrogens is 400 g/mol. The van der Waals surface area contributed by atoms with Gasteiger partial charge in [0.05, 0.1) is 10.7 Å². The van der Waals surface area contributed by atoms with Gasteiger partial charge in [0.1, 0.15) is 5.75 Å². The molecule has 0 fully saturated rings. The van der Waals surface area contributed by atoms with Crippen LogP contribution in [0, 0.1) is 0 Å². The molecule has 0 heterocycles. The third kappa shape index (κ3) is 5.32. The maximum absolute atomic E-state index is 11.6. The van der Waals surface area contributed by atoms with Gasteiger partial charge in [-0.1, -0.05) is 40.2 Å². The van der Waals surface area contributed by atoms with Crippen molar-refractivity contribution in [1.82, 2.24) is 5.43 Å². The Balaban J connectivity index is 1.81. The van der Waals surface area contributed by atoms with Crippen molar-refractivity contribution in [3.63, 3.8) is 0 Å². The van der Waals surface area contributed by atoms with Crippen LogP contribution in [0.3, 0.4) is 0 Å². The minimum Gasteiger partial charge on any atom is -0.483 e. The van der Waals surface area contributed by atoms with Crippen LogP contribution in [0.1, 0.15) is 5.56 Å². The van der Waals surface area contributed by atoms with E-state index in [-0.39, 0.29) is 12.5 Å². The van der Waals surface area contributed by atoms with Crippen molar-refractivity contribution in [1.29, 1.82) is 0 Å². The van der Waals surface area contributed by atoms with Crippen molar-refractivity contribution in [3.8, 4) is 5.75 Å². The minimum absolute atomic E-state index is 0.0988. The number of carbonyl (C=O) groups excluding carboxylic acids is 1. The second-order valence-electron chi connectivity index (χ2n) is 4.07. The summed E-state index contributed by atoms with van der Waals surface area (Å²) in [6, 6.07) is 14.9. The fraction of sp³-hybridized carbons (Fsp3) is 0.0667. The Morgan fingerprint density at radius 3 is 2.76 bits per heavy atom. The van der Waals surface area contributed by atoms with Gasteiger partial charge in [0.15, 0.2) is 6.61 Å². The van der Waals surface area contributed by atoms with Crippen LogP contribution < -0.4 is 10.2 Å².